The van der Waals surface area contributed by atoms with Gasteiger partial charge in [0.2, 0.25) is 5.43 Å². The summed E-state index contributed by atoms with van der Waals surface area (Å²) in [4.78, 5) is 25.1. The third kappa shape index (κ3) is 3.65. The maximum atomic E-state index is 11.7. The Bertz CT molecular complexity index is 591. The third-order valence-corrected chi connectivity index (χ3v) is 3.64. The van der Waals surface area contributed by atoms with Crippen molar-refractivity contribution in [3.05, 3.63) is 28.2 Å². The Kier molecular flexibility index (Phi) is 5.17. The number of pyridine rings is 1. The highest BCUT2D eigenvalue weighted by molar-refractivity contribution is 5.72. The van der Waals surface area contributed by atoms with E-state index in [-0.39, 0.29) is 0 Å². The fourth-order valence-corrected chi connectivity index (χ4v) is 2.51. The molecule has 122 valence electrons. The molecule has 1 aliphatic heterocycles. The van der Waals surface area contributed by atoms with Gasteiger partial charge in [-0.25, -0.2) is 4.79 Å². The fraction of sp³-hybridized carbons (Fsp3) is 0.571. The summed E-state index contributed by atoms with van der Waals surface area (Å²) in [5, 5.41) is 28.6. The van der Waals surface area contributed by atoms with Gasteiger partial charge in [-0.1, -0.05) is 0 Å². The second-order valence-electron chi connectivity index (χ2n) is 5.33. The van der Waals surface area contributed by atoms with Gasteiger partial charge in [0.1, 0.15) is 0 Å². The van der Waals surface area contributed by atoms with E-state index in [1.807, 2.05) is 4.90 Å². The molecular formula is C14H20N2O6. The minimum Gasteiger partial charge on any atom is -0.503 e. The van der Waals surface area contributed by atoms with Gasteiger partial charge in [-0.2, -0.15) is 0 Å². The number of aliphatic carboxylic acids is 1. The number of hydrogen-bond acceptors (Lipinski definition) is 6. The average Bonchev–Trinajstić information content (AvgIpc) is 2.44. The number of carboxylic acids is 1. The molecule has 0 amide bonds. The smallest absolute Gasteiger partial charge is 0.329 e. The zero-order valence-corrected chi connectivity index (χ0v) is 12.3. The third-order valence-electron chi connectivity index (χ3n) is 3.64. The molecule has 0 aliphatic carbocycles. The largest absolute Gasteiger partial charge is 0.503 e. The second-order valence-corrected chi connectivity index (χ2v) is 5.33. The van der Waals surface area contributed by atoms with E-state index < -0.39 is 29.3 Å². The number of carbonyl (C=O) groups is 1. The molecular weight excluding hydrogens is 292 g/mol. The normalized spacial score (nSPS) is 18.8. The Morgan fingerprint density at radius 2 is 2.05 bits per heavy atom. The van der Waals surface area contributed by atoms with Gasteiger partial charge in [-0.05, 0) is 6.92 Å². The summed E-state index contributed by atoms with van der Waals surface area (Å²) < 4.78 is 6.50. The van der Waals surface area contributed by atoms with Gasteiger partial charge in [-0.3, -0.25) is 9.69 Å². The predicted octanol–water partition coefficient (Wildman–Crippen LogP) is -0.607. The summed E-state index contributed by atoms with van der Waals surface area (Å²) in [6, 6.07) is -0.0640. The summed E-state index contributed by atoms with van der Waals surface area (Å²) in [6.07, 6.45) is -0.105. The summed E-state index contributed by atoms with van der Waals surface area (Å²) >= 11 is 0. The molecule has 2 unspecified atom stereocenters. The van der Waals surface area contributed by atoms with Crippen molar-refractivity contribution in [2.24, 2.45) is 0 Å². The number of rotatable bonds is 5. The summed E-state index contributed by atoms with van der Waals surface area (Å²) in [7, 11) is 0. The Morgan fingerprint density at radius 1 is 1.41 bits per heavy atom. The first-order chi connectivity index (χ1) is 10.4. The summed E-state index contributed by atoms with van der Waals surface area (Å²) in [6.45, 7) is 4.17. The first-order valence-electron chi connectivity index (χ1n) is 7.05. The van der Waals surface area contributed by atoms with Crippen molar-refractivity contribution in [3.8, 4) is 5.75 Å². The minimum atomic E-state index is -1.28. The molecule has 1 saturated heterocycles. The Balaban J connectivity index is 2.39. The molecule has 0 radical (unpaired) electrons. The zero-order valence-electron chi connectivity index (χ0n) is 12.3. The molecule has 0 spiro atoms. The minimum absolute atomic E-state index is 0.343. The highest BCUT2D eigenvalue weighted by Crippen LogP contribution is 2.19. The molecule has 1 aliphatic rings. The number of aromatic nitrogens is 1. The number of carboxylic acid groups (broad SMARTS) is 1. The van der Waals surface area contributed by atoms with Gasteiger partial charge in [0, 0.05) is 31.4 Å². The molecule has 2 rings (SSSR count). The van der Waals surface area contributed by atoms with E-state index in [0.29, 0.717) is 38.5 Å². The molecule has 1 aromatic heterocycles. The van der Waals surface area contributed by atoms with Gasteiger partial charge in [0.25, 0.3) is 0 Å². The summed E-state index contributed by atoms with van der Waals surface area (Å²) in [5.74, 6) is -1.78. The van der Waals surface area contributed by atoms with Crippen molar-refractivity contribution in [2.75, 3.05) is 26.3 Å². The van der Waals surface area contributed by atoms with Crippen LogP contribution in [0.2, 0.25) is 0 Å². The summed E-state index contributed by atoms with van der Waals surface area (Å²) in [5.41, 5.74) is -0.146. The number of hydrogen-bond donors (Lipinski definition) is 3. The van der Waals surface area contributed by atoms with Crippen molar-refractivity contribution in [1.29, 1.82) is 0 Å². The topological polar surface area (TPSA) is 112 Å². The standard InChI is InChI=1S/C14H20N2O6/c1-9(17)13(14(20)21)16-8-12(19)11(18)6-10(16)7-15-2-4-22-5-3-15/h6,8-9,13,17,19H,2-5,7H2,1H3,(H,20,21). The number of ether oxygens (including phenoxy) is 1. The van der Waals surface area contributed by atoms with Crippen molar-refractivity contribution in [3.63, 3.8) is 0 Å². The van der Waals surface area contributed by atoms with Crippen LogP contribution in [0.3, 0.4) is 0 Å². The van der Waals surface area contributed by atoms with Crippen LogP contribution in [0.1, 0.15) is 18.7 Å². The van der Waals surface area contributed by atoms with Crippen molar-refractivity contribution >= 4 is 5.97 Å². The molecule has 8 nitrogen and oxygen atoms in total. The van der Waals surface area contributed by atoms with Crippen molar-refractivity contribution in [2.45, 2.75) is 25.6 Å². The lowest BCUT2D eigenvalue weighted by Crippen LogP contribution is -2.38. The number of nitrogens with zero attached hydrogens (tertiary/aromatic N) is 2. The van der Waals surface area contributed by atoms with E-state index in [2.05, 4.69) is 0 Å². The van der Waals surface area contributed by atoms with Crippen LogP contribution >= 0.6 is 0 Å². The average molecular weight is 312 g/mol. The van der Waals surface area contributed by atoms with Crippen LogP contribution in [-0.2, 0) is 16.1 Å². The number of morpholine rings is 1. The van der Waals surface area contributed by atoms with Crippen LogP contribution in [0.25, 0.3) is 0 Å². The van der Waals surface area contributed by atoms with E-state index in [1.165, 1.54) is 17.6 Å². The van der Waals surface area contributed by atoms with Crippen LogP contribution in [0.15, 0.2) is 17.1 Å². The highest BCUT2D eigenvalue weighted by Gasteiger charge is 2.27. The monoisotopic (exact) mass is 312 g/mol. The number of aromatic hydroxyl groups is 1. The first-order valence-corrected chi connectivity index (χ1v) is 7.05. The fourth-order valence-electron chi connectivity index (χ4n) is 2.51. The molecule has 22 heavy (non-hydrogen) atoms. The van der Waals surface area contributed by atoms with E-state index in [4.69, 9.17) is 4.74 Å². The van der Waals surface area contributed by atoms with Crippen molar-refractivity contribution < 1.29 is 24.9 Å². The molecule has 2 atom stereocenters. The quantitative estimate of drug-likeness (QED) is 0.665. The number of aliphatic hydroxyl groups excluding tert-OH is 1. The van der Waals surface area contributed by atoms with Gasteiger partial charge >= 0.3 is 5.97 Å². The van der Waals surface area contributed by atoms with E-state index >= 15 is 0 Å². The second kappa shape index (κ2) is 6.91. The first kappa shape index (κ1) is 16.5. The molecule has 0 aromatic carbocycles. The molecule has 0 saturated carbocycles. The lowest BCUT2D eigenvalue weighted by molar-refractivity contribution is -0.144. The van der Waals surface area contributed by atoms with Crippen LogP contribution in [0, 0.1) is 0 Å². The van der Waals surface area contributed by atoms with E-state index in [1.54, 1.807) is 0 Å². The zero-order chi connectivity index (χ0) is 16.3. The molecule has 0 bridgehead atoms. The Hall–Kier alpha value is -1.90. The maximum absolute atomic E-state index is 11.7. The molecule has 1 aromatic rings. The Labute approximate surface area is 127 Å². The maximum Gasteiger partial charge on any atom is 0.329 e. The highest BCUT2D eigenvalue weighted by atomic mass is 16.5. The SMILES string of the molecule is CC(O)C(C(=O)O)n1cc(O)c(=O)cc1CN1CCOCC1. The lowest BCUT2D eigenvalue weighted by Gasteiger charge is -2.29. The molecule has 1 fully saturated rings. The van der Waals surface area contributed by atoms with Gasteiger partial charge in [0.15, 0.2) is 11.8 Å². The van der Waals surface area contributed by atoms with Crippen LogP contribution in [-0.4, -0.2) is 63.2 Å². The number of aliphatic hydroxyl groups is 1. The van der Waals surface area contributed by atoms with Gasteiger partial charge in [-0.15, -0.1) is 0 Å². The lowest BCUT2D eigenvalue weighted by atomic mass is 10.1. The molecule has 2 heterocycles. The van der Waals surface area contributed by atoms with Crippen molar-refractivity contribution in [1.82, 2.24) is 9.47 Å². The predicted molar refractivity (Wildman–Crippen MR) is 76.8 cm³/mol. The van der Waals surface area contributed by atoms with Crippen LogP contribution in [0.4, 0.5) is 0 Å². The van der Waals surface area contributed by atoms with Crippen LogP contribution < -0.4 is 5.43 Å². The van der Waals surface area contributed by atoms with Gasteiger partial charge in [0.05, 0.1) is 25.5 Å². The molecule has 3 N–H and O–H groups in total. The van der Waals surface area contributed by atoms with Gasteiger partial charge < -0.3 is 24.6 Å². The van der Waals surface area contributed by atoms with E-state index in [9.17, 15) is 24.9 Å². The Morgan fingerprint density at radius 3 is 2.59 bits per heavy atom. The molecule has 8 heteroatoms. The van der Waals surface area contributed by atoms with Crippen LogP contribution in [0.5, 0.6) is 5.75 Å². The van der Waals surface area contributed by atoms with E-state index in [0.717, 1.165) is 6.20 Å².